The number of amides is 1. The molecular formula is C18H25N5O3S. The lowest BCUT2D eigenvalue weighted by atomic mass is 10.1. The van der Waals surface area contributed by atoms with Gasteiger partial charge in [0, 0.05) is 39.8 Å². The van der Waals surface area contributed by atoms with E-state index in [9.17, 15) is 13.2 Å². The third kappa shape index (κ3) is 4.74. The van der Waals surface area contributed by atoms with Gasteiger partial charge < -0.3 is 10.2 Å². The second kappa shape index (κ2) is 8.64. The molecule has 1 aromatic carbocycles. The molecule has 0 radical (unpaired) electrons. The highest BCUT2D eigenvalue weighted by molar-refractivity contribution is 7.89. The van der Waals surface area contributed by atoms with Crippen LogP contribution < -0.4 is 5.32 Å². The smallest absolute Gasteiger partial charge is 0.260 e. The molecular weight excluding hydrogens is 366 g/mol. The molecule has 1 amide bonds. The van der Waals surface area contributed by atoms with Gasteiger partial charge in [-0.25, -0.2) is 8.42 Å². The summed E-state index contributed by atoms with van der Waals surface area (Å²) in [4.78, 5) is 14.1. The van der Waals surface area contributed by atoms with Crippen LogP contribution in [0.4, 0.5) is 0 Å². The van der Waals surface area contributed by atoms with Crippen LogP contribution in [-0.4, -0.2) is 73.1 Å². The van der Waals surface area contributed by atoms with Crippen molar-refractivity contribution in [1.82, 2.24) is 24.3 Å². The summed E-state index contributed by atoms with van der Waals surface area (Å²) < 4.78 is 28.4. The number of likely N-dealkylation sites (N-methyl/N-ethyl adjacent to an activating group) is 1. The van der Waals surface area contributed by atoms with Crippen LogP contribution in [0.15, 0.2) is 47.6 Å². The lowest BCUT2D eigenvalue weighted by Gasteiger charge is -2.29. The minimum atomic E-state index is -3.79. The third-order valence-electron chi connectivity index (χ3n) is 4.63. The van der Waals surface area contributed by atoms with E-state index in [4.69, 9.17) is 0 Å². The van der Waals surface area contributed by atoms with Crippen molar-refractivity contribution in [2.24, 2.45) is 0 Å². The van der Waals surface area contributed by atoms with Crippen molar-refractivity contribution >= 4 is 15.9 Å². The molecule has 0 aliphatic carbocycles. The van der Waals surface area contributed by atoms with Crippen molar-refractivity contribution in [3.05, 3.63) is 48.2 Å². The predicted octanol–water partition coefficient (Wildman–Crippen LogP) is 0.178. The molecule has 1 saturated heterocycles. The SMILES string of the molecule is CN(CC(=O)N1CCNCC1)S(=O)(=O)c1ccnn1CCc1ccccc1. The summed E-state index contributed by atoms with van der Waals surface area (Å²) >= 11 is 0. The van der Waals surface area contributed by atoms with Crippen molar-refractivity contribution in [1.29, 1.82) is 0 Å². The zero-order valence-corrected chi connectivity index (χ0v) is 16.2. The number of benzene rings is 1. The van der Waals surface area contributed by atoms with Gasteiger partial charge in [0.15, 0.2) is 5.03 Å². The number of hydrogen-bond acceptors (Lipinski definition) is 5. The second-order valence-electron chi connectivity index (χ2n) is 6.52. The Morgan fingerprint density at radius 1 is 1.19 bits per heavy atom. The van der Waals surface area contributed by atoms with E-state index in [1.807, 2.05) is 30.3 Å². The Labute approximate surface area is 159 Å². The van der Waals surface area contributed by atoms with E-state index < -0.39 is 10.0 Å². The van der Waals surface area contributed by atoms with Gasteiger partial charge in [0.1, 0.15) is 0 Å². The van der Waals surface area contributed by atoms with Crippen LogP contribution in [0.25, 0.3) is 0 Å². The summed E-state index contributed by atoms with van der Waals surface area (Å²) in [6.07, 6.45) is 2.15. The lowest BCUT2D eigenvalue weighted by Crippen LogP contribution is -2.49. The van der Waals surface area contributed by atoms with E-state index in [1.165, 1.54) is 24.0 Å². The number of rotatable bonds is 7. The summed E-state index contributed by atoms with van der Waals surface area (Å²) in [5.41, 5.74) is 1.11. The Morgan fingerprint density at radius 3 is 2.59 bits per heavy atom. The topological polar surface area (TPSA) is 87.5 Å². The summed E-state index contributed by atoms with van der Waals surface area (Å²) in [6, 6.07) is 11.3. The largest absolute Gasteiger partial charge is 0.339 e. The van der Waals surface area contributed by atoms with Crippen LogP contribution in [0.2, 0.25) is 0 Å². The molecule has 3 rings (SSSR count). The fourth-order valence-corrected chi connectivity index (χ4v) is 4.27. The molecule has 9 heteroatoms. The van der Waals surface area contributed by atoms with Crippen LogP contribution in [0, 0.1) is 0 Å². The van der Waals surface area contributed by atoms with Gasteiger partial charge in [-0.05, 0) is 18.1 Å². The number of aryl methyl sites for hydroxylation is 2. The maximum atomic E-state index is 12.9. The minimum absolute atomic E-state index is 0.106. The van der Waals surface area contributed by atoms with Crippen molar-refractivity contribution in [2.45, 2.75) is 18.0 Å². The first-order valence-electron chi connectivity index (χ1n) is 8.99. The molecule has 0 atom stereocenters. The molecule has 1 aliphatic rings. The first-order chi connectivity index (χ1) is 13.0. The van der Waals surface area contributed by atoms with Crippen LogP contribution in [0.5, 0.6) is 0 Å². The second-order valence-corrected chi connectivity index (χ2v) is 8.51. The number of carbonyl (C=O) groups excluding carboxylic acids is 1. The van der Waals surface area contributed by atoms with Crippen molar-refractivity contribution in [2.75, 3.05) is 39.8 Å². The Hall–Kier alpha value is -2.23. The molecule has 8 nitrogen and oxygen atoms in total. The summed E-state index contributed by atoms with van der Waals surface area (Å²) in [7, 11) is -2.36. The number of aromatic nitrogens is 2. The van der Waals surface area contributed by atoms with E-state index >= 15 is 0 Å². The van der Waals surface area contributed by atoms with Gasteiger partial charge in [0.2, 0.25) is 5.91 Å². The first-order valence-corrected chi connectivity index (χ1v) is 10.4. The number of carbonyl (C=O) groups is 1. The highest BCUT2D eigenvalue weighted by Crippen LogP contribution is 2.15. The zero-order chi connectivity index (χ0) is 19.3. The quantitative estimate of drug-likeness (QED) is 0.727. The average Bonchev–Trinajstić information content (AvgIpc) is 3.17. The Bertz CT molecular complexity index is 860. The van der Waals surface area contributed by atoms with Gasteiger partial charge in [-0.2, -0.15) is 9.40 Å². The summed E-state index contributed by atoms with van der Waals surface area (Å²) in [5, 5.41) is 7.43. The van der Waals surface area contributed by atoms with Crippen LogP contribution >= 0.6 is 0 Å². The minimum Gasteiger partial charge on any atom is -0.339 e. The summed E-state index contributed by atoms with van der Waals surface area (Å²) in [6.45, 7) is 2.93. The van der Waals surface area contributed by atoms with Crippen LogP contribution in [0.1, 0.15) is 5.56 Å². The maximum Gasteiger partial charge on any atom is 0.260 e. The molecule has 146 valence electrons. The number of sulfonamides is 1. The normalized spacial score (nSPS) is 15.3. The average molecular weight is 391 g/mol. The van der Waals surface area contributed by atoms with Crippen LogP contribution in [-0.2, 0) is 27.8 Å². The molecule has 1 N–H and O–H groups in total. The van der Waals surface area contributed by atoms with Gasteiger partial charge in [-0.3, -0.25) is 9.48 Å². The molecule has 27 heavy (non-hydrogen) atoms. The first kappa shape index (κ1) is 19.5. The van der Waals surface area contributed by atoms with E-state index in [0.717, 1.165) is 23.0 Å². The lowest BCUT2D eigenvalue weighted by molar-refractivity contribution is -0.131. The number of nitrogens with zero attached hydrogens (tertiary/aromatic N) is 4. The standard InChI is InChI=1S/C18H25N5O3S/c1-21(15-17(24)22-13-10-19-11-14-22)27(25,26)18-7-9-20-23(18)12-8-16-5-3-2-4-6-16/h2-7,9,19H,8,10-15H2,1H3. The van der Waals surface area contributed by atoms with Gasteiger partial charge >= 0.3 is 0 Å². The molecule has 0 unspecified atom stereocenters. The van der Waals surface area contributed by atoms with Gasteiger partial charge in [0.25, 0.3) is 10.0 Å². The maximum absolute atomic E-state index is 12.9. The Morgan fingerprint density at radius 2 is 1.89 bits per heavy atom. The monoisotopic (exact) mass is 391 g/mol. The fourth-order valence-electron chi connectivity index (χ4n) is 3.04. The number of hydrogen-bond donors (Lipinski definition) is 1. The van der Waals surface area contributed by atoms with E-state index in [0.29, 0.717) is 26.1 Å². The Balaban J connectivity index is 1.67. The van der Waals surface area contributed by atoms with Gasteiger partial charge in [-0.15, -0.1) is 0 Å². The number of piperazine rings is 1. The van der Waals surface area contributed by atoms with Crippen LogP contribution in [0.3, 0.4) is 0 Å². The number of nitrogens with one attached hydrogen (secondary N) is 1. The Kier molecular flexibility index (Phi) is 6.25. The molecule has 1 aromatic heterocycles. The summed E-state index contributed by atoms with van der Waals surface area (Å²) in [5.74, 6) is -0.182. The molecule has 1 aliphatic heterocycles. The predicted molar refractivity (Wildman–Crippen MR) is 102 cm³/mol. The third-order valence-corrected chi connectivity index (χ3v) is 6.46. The molecule has 0 saturated carbocycles. The zero-order valence-electron chi connectivity index (χ0n) is 15.4. The molecule has 0 spiro atoms. The van der Waals surface area contributed by atoms with Gasteiger partial charge in [-0.1, -0.05) is 30.3 Å². The van der Waals surface area contributed by atoms with Crippen molar-refractivity contribution < 1.29 is 13.2 Å². The van der Waals surface area contributed by atoms with E-state index in [1.54, 1.807) is 4.90 Å². The molecule has 2 aromatic rings. The fraction of sp³-hybridized carbons (Fsp3) is 0.444. The molecule has 2 heterocycles. The van der Waals surface area contributed by atoms with Crippen molar-refractivity contribution in [3.63, 3.8) is 0 Å². The van der Waals surface area contributed by atoms with E-state index in [-0.39, 0.29) is 17.5 Å². The highest BCUT2D eigenvalue weighted by Gasteiger charge is 2.28. The van der Waals surface area contributed by atoms with E-state index in [2.05, 4.69) is 10.4 Å². The highest BCUT2D eigenvalue weighted by atomic mass is 32.2. The van der Waals surface area contributed by atoms with Crippen molar-refractivity contribution in [3.8, 4) is 0 Å². The molecule has 0 bridgehead atoms. The van der Waals surface area contributed by atoms with Gasteiger partial charge in [0.05, 0.1) is 12.7 Å². The molecule has 1 fully saturated rings.